The summed E-state index contributed by atoms with van der Waals surface area (Å²) in [7, 11) is 0. The van der Waals surface area contributed by atoms with Gasteiger partial charge in [-0.2, -0.15) is 0 Å². The molecule has 1 spiro atoms. The van der Waals surface area contributed by atoms with Gasteiger partial charge >= 0.3 is 6.09 Å². The second kappa shape index (κ2) is 5.16. The Hall–Kier alpha value is -1.75. The van der Waals surface area contributed by atoms with Crippen LogP contribution in [0.4, 0.5) is 10.5 Å². The number of carbonyl (C=O) groups excluding carboxylic acids is 1. The maximum Gasteiger partial charge on any atom is 0.411 e. The van der Waals surface area contributed by atoms with E-state index in [1.54, 1.807) is 0 Å². The molecule has 0 radical (unpaired) electrons. The van der Waals surface area contributed by atoms with Gasteiger partial charge in [-0.05, 0) is 56.9 Å². The quantitative estimate of drug-likeness (QED) is 0.748. The first-order valence-electron chi connectivity index (χ1n) is 7.79. The molecule has 1 saturated heterocycles. The summed E-state index contributed by atoms with van der Waals surface area (Å²) in [4.78, 5) is 14.5. The molecular weight excluding hydrogens is 280 g/mol. The number of morpholine rings is 1. The summed E-state index contributed by atoms with van der Waals surface area (Å²) < 4.78 is 11.3. The molecule has 1 aliphatic carbocycles. The Morgan fingerprint density at radius 2 is 2.18 bits per heavy atom. The van der Waals surface area contributed by atoms with E-state index < -0.39 is 11.1 Å². The summed E-state index contributed by atoms with van der Waals surface area (Å²) in [6, 6.07) is 5.93. The highest BCUT2D eigenvalue weighted by Gasteiger charge is 2.49. The van der Waals surface area contributed by atoms with Crippen molar-refractivity contribution < 1.29 is 14.3 Å². The first-order chi connectivity index (χ1) is 10.3. The number of nitrogens with two attached hydrogens (primary N) is 1. The van der Waals surface area contributed by atoms with Crippen LogP contribution in [0.25, 0.3) is 0 Å². The largest absolute Gasteiger partial charge is 0.444 e. The topological polar surface area (TPSA) is 64.8 Å². The average molecular weight is 304 g/mol. The first-order valence-corrected chi connectivity index (χ1v) is 7.79. The van der Waals surface area contributed by atoms with Gasteiger partial charge in [0.1, 0.15) is 5.60 Å². The molecule has 22 heavy (non-hydrogen) atoms. The molecule has 1 atom stereocenters. The number of ether oxygens (including phenoxy) is 2. The maximum atomic E-state index is 12.7. The van der Waals surface area contributed by atoms with Crippen molar-refractivity contribution in [3.05, 3.63) is 29.3 Å². The summed E-state index contributed by atoms with van der Waals surface area (Å²) in [6.07, 6.45) is 1.49. The van der Waals surface area contributed by atoms with Crippen LogP contribution < -0.4 is 5.73 Å². The van der Waals surface area contributed by atoms with Crippen molar-refractivity contribution in [3.8, 4) is 0 Å². The van der Waals surface area contributed by atoms with E-state index >= 15 is 0 Å². The summed E-state index contributed by atoms with van der Waals surface area (Å²) >= 11 is 0. The number of aryl methyl sites for hydroxylation is 1. The molecule has 1 amide bonds. The van der Waals surface area contributed by atoms with E-state index in [4.69, 9.17) is 15.2 Å². The molecule has 0 unspecified atom stereocenters. The molecule has 1 fully saturated rings. The van der Waals surface area contributed by atoms with Gasteiger partial charge in [0.05, 0.1) is 18.8 Å². The zero-order valence-electron chi connectivity index (χ0n) is 13.5. The van der Waals surface area contributed by atoms with Gasteiger partial charge in [-0.25, -0.2) is 4.79 Å². The molecule has 120 valence electrons. The van der Waals surface area contributed by atoms with Gasteiger partial charge in [0.2, 0.25) is 0 Å². The third kappa shape index (κ3) is 2.54. The monoisotopic (exact) mass is 304 g/mol. The molecule has 5 heteroatoms. The van der Waals surface area contributed by atoms with Gasteiger partial charge in [0.15, 0.2) is 0 Å². The minimum absolute atomic E-state index is 0.263. The number of carbonyl (C=O) groups is 1. The normalized spacial score (nSPS) is 24.4. The van der Waals surface area contributed by atoms with E-state index in [9.17, 15) is 4.79 Å². The number of benzene rings is 1. The first kappa shape index (κ1) is 15.2. The number of hydrogen-bond acceptors (Lipinski definition) is 4. The molecule has 0 aromatic heterocycles. The molecule has 0 saturated carbocycles. The molecular formula is C17H24N2O3. The van der Waals surface area contributed by atoms with Gasteiger partial charge < -0.3 is 15.2 Å². The van der Waals surface area contributed by atoms with E-state index in [1.165, 1.54) is 5.56 Å². The maximum absolute atomic E-state index is 12.7. The van der Waals surface area contributed by atoms with Gasteiger partial charge in [-0.3, -0.25) is 4.90 Å². The van der Waals surface area contributed by atoms with Crippen LogP contribution in [0.1, 0.15) is 38.3 Å². The Labute approximate surface area is 131 Å². The molecule has 2 N–H and O–H groups in total. The Morgan fingerprint density at radius 1 is 1.41 bits per heavy atom. The van der Waals surface area contributed by atoms with Crippen LogP contribution in [0.2, 0.25) is 0 Å². The fourth-order valence-electron chi connectivity index (χ4n) is 3.45. The Kier molecular flexibility index (Phi) is 3.56. The third-order valence-electron chi connectivity index (χ3n) is 4.37. The fraction of sp³-hybridized carbons (Fsp3) is 0.588. The van der Waals surface area contributed by atoms with Gasteiger partial charge in [-0.1, -0.05) is 6.07 Å². The van der Waals surface area contributed by atoms with Crippen molar-refractivity contribution in [1.82, 2.24) is 4.90 Å². The lowest BCUT2D eigenvalue weighted by Crippen LogP contribution is -2.56. The number of rotatable bonds is 0. The van der Waals surface area contributed by atoms with Crippen LogP contribution >= 0.6 is 0 Å². The van der Waals surface area contributed by atoms with Crippen molar-refractivity contribution in [3.63, 3.8) is 0 Å². The number of hydrogen-bond donors (Lipinski definition) is 1. The van der Waals surface area contributed by atoms with Crippen LogP contribution in [0.5, 0.6) is 0 Å². The highest BCUT2D eigenvalue weighted by Crippen LogP contribution is 2.44. The molecule has 1 heterocycles. The van der Waals surface area contributed by atoms with Gasteiger partial charge in [0.25, 0.3) is 0 Å². The zero-order chi connectivity index (χ0) is 16.0. The molecule has 1 aromatic carbocycles. The molecule has 1 aliphatic heterocycles. The Morgan fingerprint density at radius 3 is 2.91 bits per heavy atom. The number of anilines is 1. The standard InChI is InChI=1S/C17H24N2O3/c1-16(2,3)22-15(20)19-8-9-21-11-17(19)7-6-12-10-13(18)4-5-14(12)17/h4-5,10H,6-9,11,18H2,1-3H3/t17-/m0/s1. The van der Waals surface area contributed by atoms with E-state index in [0.29, 0.717) is 19.8 Å². The van der Waals surface area contributed by atoms with Crippen molar-refractivity contribution in [1.29, 1.82) is 0 Å². The summed E-state index contributed by atoms with van der Waals surface area (Å²) in [5.41, 5.74) is 8.09. The van der Waals surface area contributed by atoms with Crippen molar-refractivity contribution in [2.45, 2.75) is 44.8 Å². The smallest absolute Gasteiger partial charge is 0.411 e. The van der Waals surface area contributed by atoms with Crippen molar-refractivity contribution in [2.24, 2.45) is 0 Å². The van der Waals surface area contributed by atoms with Crippen LogP contribution in [0, 0.1) is 0 Å². The fourth-order valence-corrected chi connectivity index (χ4v) is 3.45. The number of nitrogen functional groups attached to an aromatic ring is 1. The lowest BCUT2D eigenvalue weighted by molar-refractivity contribution is -0.0778. The van der Waals surface area contributed by atoms with E-state index in [0.717, 1.165) is 24.1 Å². The zero-order valence-corrected chi connectivity index (χ0v) is 13.5. The van der Waals surface area contributed by atoms with E-state index in [-0.39, 0.29) is 6.09 Å². The SMILES string of the molecule is CC(C)(C)OC(=O)N1CCOC[C@]12CCc1cc(N)ccc12. The summed E-state index contributed by atoms with van der Waals surface area (Å²) in [5, 5.41) is 0. The molecule has 0 bridgehead atoms. The molecule has 1 aromatic rings. The Bertz CT molecular complexity index is 594. The Balaban J connectivity index is 1.96. The molecule has 5 nitrogen and oxygen atoms in total. The van der Waals surface area contributed by atoms with Crippen LogP contribution in [-0.4, -0.2) is 36.4 Å². The second-order valence-corrected chi connectivity index (χ2v) is 7.13. The predicted molar refractivity (Wildman–Crippen MR) is 84.6 cm³/mol. The molecule has 3 rings (SSSR count). The highest BCUT2D eigenvalue weighted by molar-refractivity contribution is 5.70. The summed E-state index contributed by atoms with van der Waals surface area (Å²) in [5.74, 6) is 0. The van der Waals surface area contributed by atoms with Crippen molar-refractivity contribution in [2.75, 3.05) is 25.5 Å². The number of fused-ring (bicyclic) bond motifs is 2. The van der Waals surface area contributed by atoms with Crippen LogP contribution in [0.15, 0.2) is 18.2 Å². The highest BCUT2D eigenvalue weighted by atomic mass is 16.6. The van der Waals surface area contributed by atoms with E-state index in [1.807, 2.05) is 43.9 Å². The minimum Gasteiger partial charge on any atom is -0.444 e. The third-order valence-corrected chi connectivity index (χ3v) is 4.37. The average Bonchev–Trinajstić information content (AvgIpc) is 2.76. The number of amides is 1. The summed E-state index contributed by atoms with van der Waals surface area (Å²) in [6.45, 7) is 7.29. The molecule has 2 aliphatic rings. The lowest BCUT2D eigenvalue weighted by atomic mass is 9.89. The van der Waals surface area contributed by atoms with Crippen LogP contribution in [0.3, 0.4) is 0 Å². The predicted octanol–water partition coefficient (Wildman–Crippen LogP) is 2.68. The van der Waals surface area contributed by atoms with Crippen LogP contribution in [-0.2, 0) is 21.4 Å². The van der Waals surface area contributed by atoms with E-state index in [2.05, 4.69) is 0 Å². The van der Waals surface area contributed by atoms with Gasteiger partial charge in [0, 0.05) is 12.2 Å². The lowest BCUT2D eigenvalue weighted by Gasteiger charge is -2.45. The minimum atomic E-state index is -0.501. The number of nitrogens with zero attached hydrogens (tertiary/aromatic N) is 1. The van der Waals surface area contributed by atoms with Gasteiger partial charge in [-0.15, -0.1) is 0 Å². The van der Waals surface area contributed by atoms with Crippen molar-refractivity contribution >= 4 is 11.8 Å². The second-order valence-electron chi connectivity index (χ2n) is 7.13.